The highest BCUT2D eigenvalue weighted by molar-refractivity contribution is 5.84. The van der Waals surface area contributed by atoms with E-state index in [1.54, 1.807) is 0 Å². The smallest absolute Gasteiger partial charge is 0.237 e. The molecule has 0 spiro atoms. The van der Waals surface area contributed by atoms with Crippen molar-refractivity contribution < 1.29 is 9.53 Å². The molecule has 0 bridgehead atoms. The number of benzene rings is 1. The first-order valence-electron chi connectivity index (χ1n) is 7.63. The molecule has 3 N–H and O–H groups in total. The number of hydrogen-bond acceptors (Lipinski definition) is 3. The lowest BCUT2D eigenvalue weighted by Crippen LogP contribution is -2.56. The molecule has 0 aromatic heterocycles. The molecule has 4 heteroatoms. The first-order chi connectivity index (χ1) is 9.94. The zero-order valence-corrected chi connectivity index (χ0v) is 13.4. The number of rotatable bonds is 10. The van der Waals surface area contributed by atoms with Crippen LogP contribution in [0.1, 0.15) is 39.2 Å². The van der Waals surface area contributed by atoms with Gasteiger partial charge in [0.05, 0.1) is 5.54 Å². The monoisotopic (exact) mass is 292 g/mol. The summed E-state index contributed by atoms with van der Waals surface area (Å²) in [5.74, 6) is -0.330. The lowest BCUT2D eigenvalue weighted by Gasteiger charge is -2.29. The summed E-state index contributed by atoms with van der Waals surface area (Å²) in [6.45, 7) is 7.08. The fraction of sp³-hybridized carbons (Fsp3) is 0.588. The van der Waals surface area contributed by atoms with Gasteiger partial charge in [0.1, 0.15) is 0 Å². The van der Waals surface area contributed by atoms with E-state index < -0.39 is 5.54 Å². The molecule has 1 aromatic rings. The van der Waals surface area contributed by atoms with Crippen LogP contribution in [0.5, 0.6) is 0 Å². The minimum absolute atomic E-state index is 0.209. The standard InChI is InChI=1S/C17H28N2O2/c1-14(2)19-17(3,16(18)20)11-13-21-12-7-10-15-8-5-4-6-9-15/h4-6,8-9,14,19H,7,10-13H2,1-3H3,(H2,18,20). The van der Waals surface area contributed by atoms with Crippen molar-refractivity contribution in [2.24, 2.45) is 5.73 Å². The number of primary amides is 1. The summed E-state index contributed by atoms with van der Waals surface area (Å²) < 4.78 is 5.64. The van der Waals surface area contributed by atoms with Crippen molar-refractivity contribution in [1.29, 1.82) is 0 Å². The van der Waals surface area contributed by atoms with E-state index >= 15 is 0 Å². The minimum Gasteiger partial charge on any atom is -0.381 e. The van der Waals surface area contributed by atoms with Crippen LogP contribution in [0.15, 0.2) is 30.3 Å². The van der Waals surface area contributed by atoms with Gasteiger partial charge in [-0.15, -0.1) is 0 Å². The van der Waals surface area contributed by atoms with Crippen molar-refractivity contribution in [3.8, 4) is 0 Å². The minimum atomic E-state index is -0.701. The van der Waals surface area contributed by atoms with Crippen LogP contribution in [-0.2, 0) is 16.0 Å². The topological polar surface area (TPSA) is 64.3 Å². The van der Waals surface area contributed by atoms with Crippen LogP contribution in [0.2, 0.25) is 0 Å². The number of ether oxygens (including phenoxy) is 1. The summed E-state index contributed by atoms with van der Waals surface area (Å²) in [6.07, 6.45) is 2.58. The van der Waals surface area contributed by atoms with Crippen molar-refractivity contribution in [1.82, 2.24) is 5.32 Å². The summed E-state index contributed by atoms with van der Waals surface area (Å²) >= 11 is 0. The van der Waals surface area contributed by atoms with Crippen LogP contribution in [0.3, 0.4) is 0 Å². The molecule has 0 aliphatic heterocycles. The second kappa shape index (κ2) is 8.80. The van der Waals surface area contributed by atoms with Gasteiger partial charge in [0, 0.05) is 19.3 Å². The molecule has 0 heterocycles. The number of aryl methyl sites for hydroxylation is 1. The van der Waals surface area contributed by atoms with Gasteiger partial charge in [-0.3, -0.25) is 4.79 Å². The van der Waals surface area contributed by atoms with Crippen LogP contribution in [0, 0.1) is 0 Å². The molecule has 21 heavy (non-hydrogen) atoms. The highest BCUT2D eigenvalue weighted by atomic mass is 16.5. The van der Waals surface area contributed by atoms with Crippen molar-refractivity contribution in [3.63, 3.8) is 0 Å². The lowest BCUT2D eigenvalue weighted by atomic mass is 9.96. The van der Waals surface area contributed by atoms with E-state index in [1.165, 1.54) is 5.56 Å². The van der Waals surface area contributed by atoms with E-state index in [2.05, 4.69) is 17.4 Å². The van der Waals surface area contributed by atoms with Crippen LogP contribution in [0.25, 0.3) is 0 Å². The van der Waals surface area contributed by atoms with Crippen LogP contribution < -0.4 is 11.1 Å². The molecule has 1 atom stereocenters. The molecule has 0 radical (unpaired) electrons. The van der Waals surface area contributed by atoms with Gasteiger partial charge in [0.25, 0.3) is 0 Å². The zero-order chi connectivity index (χ0) is 15.7. The van der Waals surface area contributed by atoms with E-state index in [0.29, 0.717) is 19.6 Å². The first-order valence-corrected chi connectivity index (χ1v) is 7.63. The molecule has 0 saturated heterocycles. The predicted octanol–water partition coefficient (Wildman–Crippen LogP) is 2.27. The summed E-state index contributed by atoms with van der Waals surface area (Å²) in [6, 6.07) is 10.6. The molecule has 1 aromatic carbocycles. The van der Waals surface area contributed by atoms with Crippen LogP contribution in [0.4, 0.5) is 0 Å². The molecular weight excluding hydrogens is 264 g/mol. The summed E-state index contributed by atoms with van der Waals surface area (Å²) in [7, 11) is 0. The highest BCUT2D eigenvalue weighted by Gasteiger charge is 2.30. The van der Waals surface area contributed by atoms with Crippen molar-refractivity contribution >= 4 is 5.91 Å². The van der Waals surface area contributed by atoms with Crippen LogP contribution >= 0.6 is 0 Å². The Labute approximate surface area is 128 Å². The summed E-state index contributed by atoms with van der Waals surface area (Å²) in [4.78, 5) is 11.6. The van der Waals surface area contributed by atoms with Gasteiger partial charge in [-0.05, 0) is 45.6 Å². The van der Waals surface area contributed by atoms with E-state index in [-0.39, 0.29) is 11.9 Å². The fourth-order valence-electron chi connectivity index (χ4n) is 2.31. The van der Waals surface area contributed by atoms with E-state index in [0.717, 1.165) is 12.8 Å². The van der Waals surface area contributed by atoms with Gasteiger partial charge in [-0.25, -0.2) is 0 Å². The Morgan fingerprint density at radius 1 is 1.29 bits per heavy atom. The second-order valence-corrected chi connectivity index (χ2v) is 5.95. The van der Waals surface area contributed by atoms with Crippen molar-refractivity contribution in [2.75, 3.05) is 13.2 Å². The highest BCUT2D eigenvalue weighted by Crippen LogP contribution is 2.11. The number of nitrogens with two attached hydrogens (primary N) is 1. The molecule has 0 fully saturated rings. The average molecular weight is 292 g/mol. The number of nitrogens with one attached hydrogen (secondary N) is 1. The molecule has 118 valence electrons. The Kier molecular flexibility index (Phi) is 7.40. The van der Waals surface area contributed by atoms with E-state index in [4.69, 9.17) is 10.5 Å². The molecule has 0 aliphatic carbocycles. The first kappa shape index (κ1) is 17.7. The Morgan fingerprint density at radius 3 is 2.52 bits per heavy atom. The number of carbonyl (C=O) groups excluding carboxylic acids is 1. The third kappa shape index (κ3) is 6.74. The molecule has 0 aliphatic rings. The summed E-state index contributed by atoms with van der Waals surface area (Å²) in [5.41, 5.74) is 6.10. The van der Waals surface area contributed by atoms with Gasteiger partial charge >= 0.3 is 0 Å². The third-order valence-corrected chi connectivity index (χ3v) is 3.49. The molecule has 1 rings (SSSR count). The number of amides is 1. The third-order valence-electron chi connectivity index (χ3n) is 3.49. The molecule has 1 amide bonds. The largest absolute Gasteiger partial charge is 0.381 e. The van der Waals surface area contributed by atoms with Gasteiger partial charge in [0.15, 0.2) is 0 Å². The lowest BCUT2D eigenvalue weighted by molar-refractivity contribution is -0.124. The Bertz CT molecular complexity index is 420. The van der Waals surface area contributed by atoms with E-state index in [1.807, 2.05) is 39.0 Å². The quantitative estimate of drug-likeness (QED) is 0.650. The van der Waals surface area contributed by atoms with Gasteiger partial charge in [-0.2, -0.15) is 0 Å². The molecule has 4 nitrogen and oxygen atoms in total. The maximum atomic E-state index is 11.6. The van der Waals surface area contributed by atoms with Crippen LogP contribution in [-0.4, -0.2) is 30.7 Å². The maximum absolute atomic E-state index is 11.6. The maximum Gasteiger partial charge on any atom is 0.237 e. The van der Waals surface area contributed by atoms with E-state index in [9.17, 15) is 4.79 Å². The normalized spacial score (nSPS) is 14.1. The average Bonchev–Trinajstić information content (AvgIpc) is 2.43. The summed E-state index contributed by atoms with van der Waals surface area (Å²) in [5, 5.41) is 3.22. The molecule has 0 saturated carbocycles. The fourth-order valence-corrected chi connectivity index (χ4v) is 2.31. The molecule has 1 unspecified atom stereocenters. The van der Waals surface area contributed by atoms with Crippen molar-refractivity contribution in [3.05, 3.63) is 35.9 Å². The number of hydrogen-bond donors (Lipinski definition) is 2. The zero-order valence-electron chi connectivity index (χ0n) is 13.4. The Balaban J connectivity index is 2.21. The van der Waals surface area contributed by atoms with Gasteiger partial charge in [0.2, 0.25) is 5.91 Å². The Morgan fingerprint density at radius 2 is 1.95 bits per heavy atom. The SMILES string of the molecule is CC(C)NC(C)(CCOCCCc1ccccc1)C(N)=O. The van der Waals surface area contributed by atoms with Crippen molar-refractivity contribution in [2.45, 2.75) is 51.6 Å². The predicted molar refractivity (Wildman–Crippen MR) is 86.1 cm³/mol. The second-order valence-electron chi connectivity index (χ2n) is 5.95. The molecular formula is C17H28N2O2. The van der Waals surface area contributed by atoms with Gasteiger partial charge in [-0.1, -0.05) is 30.3 Å². The number of carbonyl (C=O) groups is 1. The van der Waals surface area contributed by atoms with Gasteiger partial charge < -0.3 is 15.8 Å². The Hall–Kier alpha value is -1.39.